The van der Waals surface area contributed by atoms with Crippen molar-refractivity contribution in [3.8, 4) is 0 Å². The maximum Gasteiger partial charge on any atom is 0.236 e. The van der Waals surface area contributed by atoms with Crippen molar-refractivity contribution in [3.63, 3.8) is 0 Å². The number of carbonyl (C=O) groups excluding carboxylic acids is 2. The van der Waals surface area contributed by atoms with Gasteiger partial charge in [0.1, 0.15) is 5.82 Å². The number of nitrogens with zero attached hydrogens (tertiary/aromatic N) is 3. The van der Waals surface area contributed by atoms with Crippen molar-refractivity contribution in [1.29, 1.82) is 0 Å². The van der Waals surface area contributed by atoms with Crippen molar-refractivity contribution < 1.29 is 14.0 Å². The highest BCUT2D eigenvalue weighted by Crippen LogP contribution is 2.22. The number of carbonyl (C=O) groups is 2. The summed E-state index contributed by atoms with van der Waals surface area (Å²) in [6.07, 6.45) is 0. The van der Waals surface area contributed by atoms with Crippen LogP contribution in [-0.2, 0) is 11.3 Å². The molecule has 6 heteroatoms. The van der Waals surface area contributed by atoms with Gasteiger partial charge < -0.3 is 9.80 Å². The van der Waals surface area contributed by atoms with E-state index in [0.29, 0.717) is 44.0 Å². The molecule has 0 bridgehead atoms. The fourth-order valence-electron chi connectivity index (χ4n) is 3.64. The lowest BCUT2D eigenvalue weighted by Gasteiger charge is -2.37. The van der Waals surface area contributed by atoms with Crippen LogP contribution in [0.1, 0.15) is 28.4 Å². The lowest BCUT2D eigenvalue weighted by molar-refractivity contribution is -0.132. The van der Waals surface area contributed by atoms with Gasteiger partial charge in [0, 0.05) is 38.3 Å². The van der Waals surface area contributed by atoms with Gasteiger partial charge in [-0.05, 0) is 50.2 Å². The highest BCUT2D eigenvalue weighted by molar-refractivity contribution is 5.94. The van der Waals surface area contributed by atoms with Crippen molar-refractivity contribution in [2.75, 3.05) is 44.7 Å². The van der Waals surface area contributed by atoms with Gasteiger partial charge in [-0.1, -0.05) is 24.3 Å². The van der Waals surface area contributed by atoms with Crippen molar-refractivity contribution >= 4 is 17.4 Å². The second-order valence-electron chi connectivity index (χ2n) is 7.69. The second kappa shape index (κ2) is 9.18. The molecule has 0 aliphatic carbocycles. The molecule has 0 spiro atoms. The van der Waals surface area contributed by atoms with E-state index in [1.165, 1.54) is 24.1 Å². The molecule has 2 aromatic rings. The van der Waals surface area contributed by atoms with E-state index in [0.717, 1.165) is 6.54 Å². The van der Waals surface area contributed by atoms with E-state index in [4.69, 9.17) is 0 Å². The van der Waals surface area contributed by atoms with Gasteiger partial charge >= 0.3 is 0 Å². The monoisotopic (exact) mass is 397 g/mol. The minimum Gasteiger partial charge on any atom is -0.366 e. The van der Waals surface area contributed by atoms with Crippen LogP contribution in [0, 0.1) is 12.7 Å². The number of halogens is 1. The average Bonchev–Trinajstić information content (AvgIpc) is 2.69. The smallest absolute Gasteiger partial charge is 0.236 e. The summed E-state index contributed by atoms with van der Waals surface area (Å²) < 4.78 is 14.4. The number of benzene rings is 2. The summed E-state index contributed by atoms with van der Waals surface area (Å²) in [4.78, 5) is 29.9. The molecule has 154 valence electrons. The number of Topliss-reactive ketones (excluding diaryl/α,β-unsaturated/α-hetero) is 1. The molecular formula is C23H28FN3O2. The molecule has 0 atom stereocenters. The minimum atomic E-state index is -0.393. The first kappa shape index (κ1) is 21.0. The van der Waals surface area contributed by atoms with Crippen molar-refractivity contribution in [1.82, 2.24) is 9.80 Å². The Labute approximate surface area is 171 Å². The normalized spacial score (nSPS) is 14.4. The fraction of sp³-hybridized carbons (Fsp3) is 0.391. The van der Waals surface area contributed by atoms with Crippen LogP contribution in [0.25, 0.3) is 0 Å². The molecule has 5 nitrogen and oxygen atoms in total. The van der Waals surface area contributed by atoms with E-state index in [1.54, 1.807) is 12.1 Å². The Hall–Kier alpha value is -2.73. The third-order valence-electron chi connectivity index (χ3n) is 5.43. The molecule has 1 fully saturated rings. The predicted molar refractivity (Wildman–Crippen MR) is 113 cm³/mol. The Morgan fingerprint density at radius 1 is 1.07 bits per heavy atom. The lowest BCUT2D eigenvalue weighted by Crippen LogP contribution is -2.51. The van der Waals surface area contributed by atoms with Crippen LogP contribution in [0.4, 0.5) is 10.1 Å². The molecule has 0 saturated carbocycles. The van der Waals surface area contributed by atoms with Gasteiger partial charge in [0.05, 0.1) is 12.2 Å². The maximum atomic E-state index is 14.4. The Morgan fingerprint density at radius 3 is 2.38 bits per heavy atom. The summed E-state index contributed by atoms with van der Waals surface area (Å²) in [6, 6.07) is 12.8. The summed E-state index contributed by atoms with van der Waals surface area (Å²) in [7, 11) is 1.95. The number of aryl methyl sites for hydroxylation is 1. The lowest BCUT2D eigenvalue weighted by atomic mass is 10.1. The number of rotatable bonds is 6. The second-order valence-corrected chi connectivity index (χ2v) is 7.69. The van der Waals surface area contributed by atoms with Crippen molar-refractivity contribution in [2.45, 2.75) is 20.4 Å². The highest BCUT2D eigenvalue weighted by Gasteiger charge is 2.24. The Bertz CT molecular complexity index is 891. The predicted octanol–water partition coefficient (Wildman–Crippen LogP) is 3.12. The molecular weight excluding hydrogens is 369 g/mol. The molecule has 1 amide bonds. The Morgan fingerprint density at radius 2 is 1.76 bits per heavy atom. The first-order valence-electron chi connectivity index (χ1n) is 9.91. The Kier molecular flexibility index (Phi) is 6.64. The molecule has 0 aromatic heterocycles. The molecule has 1 aliphatic heterocycles. The van der Waals surface area contributed by atoms with Gasteiger partial charge in [0.15, 0.2) is 5.78 Å². The van der Waals surface area contributed by atoms with Crippen LogP contribution in [0.3, 0.4) is 0 Å². The SMILES string of the molecule is CC(=O)c1ccc(N2CCN(C(=O)CN(C)Cc3ccccc3C)CC2)c(F)c1. The summed E-state index contributed by atoms with van der Waals surface area (Å²) in [6.45, 7) is 6.85. The quantitative estimate of drug-likeness (QED) is 0.703. The molecule has 0 N–H and O–H groups in total. The van der Waals surface area contributed by atoms with Gasteiger partial charge in [0.2, 0.25) is 5.91 Å². The molecule has 1 saturated heterocycles. The first-order chi connectivity index (χ1) is 13.8. The van der Waals surface area contributed by atoms with Crippen LogP contribution in [0.15, 0.2) is 42.5 Å². The maximum absolute atomic E-state index is 14.4. The number of piperazine rings is 1. The van der Waals surface area contributed by atoms with E-state index in [9.17, 15) is 14.0 Å². The van der Waals surface area contributed by atoms with E-state index < -0.39 is 5.82 Å². The average molecular weight is 397 g/mol. The topological polar surface area (TPSA) is 43.9 Å². The Balaban J connectivity index is 1.53. The van der Waals surface area contributed by atoms with Crippen LogP contribution in [0.2, 0.25) is 0 Å². The van der Waals surface area contributed by atoms with Gasteiger partial charge in [-0.15, -0.1) is 0 Å². The highest BCUT2D eigenvalue weighted by atomic mass is 19.1. The molecule has 0 unspecified atom stereocenters. The molecule has 3 rings (SSSR count). The van der Waals surface area contributed by atoms with Crippen molar-refractivity contribution in [2.24, 2.45) is 0 Å². The number of likely N-dealkylation sites (N-methyl/N-ethyl adjacent to an activating group) is 1. The van der Waals surface area contributed by atoms with Gasteiger partial charge in [-0.25, -0.2) is 4.39 Å². The molecule has 29 heavy (non-hydrogen) atoms. The van der Waals surface area contributed by atoms with Gasteiger partial charge in [0.25, 0.3) is 0 Å². The molecule has 0 radical (unpaired) electrons. The minimum absolute atomic E-state index is 0.0909. The van der Waals surface area contributed by atoms with E-state index in [2.05, 4.69) is 19.1 Å². The fourth-order valence-corrected chi connectivity index (χ4v) is 3.64. The summed E-state index contributed by atoms with van der Waals surface area (Å²) in [5, 5.41) is 0. The van der Waals surface area contributed by atoms with Gasteiger partial charge in [-0.2, -0.15) is 0 Å². The third-order valence-corrected chi connectivity index (χ3v) is 5.43. The zero-order valence-electron chi connectivity index (χ0n) is 17.3. The van der Waals surface area contributed by atoms with Crippen molar-refractivity contribution in [3.05, 3.63) is 65.0 Å². The van der Waals surface area contributed by atoms with Crippen LogP contribution in [-0.4, -0.2) is 61.3 Å². The van der Waals surface area contributed by atoms with Crippen LogP contribution in [0.5, 0.6) is 0 Å². The molecule has 1 heterocycles. The third kappa shape index (κ3) is 5.21. The van der Waals surface area contributed by atoms with E-state index in [-0.39, 0.29) is 11.7 Å². The molecule has 1 aliphatic rings. The summed E-state index contributed by atoms with van der Waals surface area (Å²) in [5.74, 6) is -0.454. The molecule has 2 aromatic carbocycles. The number of hydrogen-bond donors (Lipinski definition) is 0. The largest absolute Gasteiger partial charge is 0.366 e. The van der Waals surface area contributed by atoms with Crippen LogP contribution >= 0.6 is 0 Å². The van der Waals surface area contributed by atoms with Crippen LogP contribution < -0.4 is 4.90 Å². The number of hydrogen-bond acceptors (Lipinski definition) is 4. The summed E-state index contributed by atoms with van der Waals surface area (Å²) in [5.41, 5.74) is 3.30. The summed E-state index contributed by atoms with van der Waals surface area (Å²) >= 11 is 0. The first-order valence-corrected chi connectivity index (χ1v) is 9.91. The number of anilines is 1. The van der Waals surface area contributed by atoms with E-state index in [1.807, 2.05) is 33.9 Å². The van der Waals surface area contributed by atoms with Gasteiger partial charge in [-0.3, -0.25) is 14.5 Å². The van der Waals surface area contributed by atoms with E-state index >= 15 is 0 Å². The number of ketones is 1. The standard InChI is InChI=1S/C23H28FN3O2/c1-17-6-4-5-7-20(17)15-25(3)16-23(29)27-12-10-26(11-13-27)22-9-8-19(18(2)28)14-21(22)24/h4-9,14H,10-13,15-16H2,1-3H3. The zero-order valence-corrected chi connectivity index (χ0v) is 17.3. The zero-order chi connectivity index (χ0) is 21.0. The number of amides is 1.